The number of unbranched alkanes of at least 4 members (excludes halogenated alkanes) is 7. The molecule has 0 bridgehead atoms. The Morgan fingerprint density at radius 1 is 0.688 bits per heavy atom. The number of rotatable bonds is 7. The third-order valence-corrected chi connectivity index (χ3v) is 6.08. The van der Waals surface area contributed by atoms with Crippen LogP contribution in [0.3, 0.4) is 0 Å². The Bertz CT molecular complexity index is 158. The predicted molar refractivity (Wildman–Crippen MR) is 78.4 cm³/mol. The van der Waals surface area contributed by atoms with E-state index in [1.807, 2.05) is 0 Å². The van der Waals surface area contributed by atoms with Crippen LogP contribution in [-0.2, 0) is 0 Å². The summed E-state index contributed by atoms with van der Waals surface area (Å²) in [6, 6.07) is 0. The summed E-state index contributed by atoms with van der Waals surface area (Å²) < 4.78 is 4.67. The van der Waals surface area contributed by atoms with Gasteiger partial charge in [-0.1, -0.05) is 65.2 Å². The standard InChI is InChI=1S/C10H22.C5H5.Tl/c1-3-5-7-9-10-8-6-4-2;1-3-5-4-2;/h3-10H2,1-2H3;1-5H;. The van der Waals surface area contributed by atoms with Crippen LogP contribution in [0.15, 0.2) is 21.9 Å². The van der Waals surface area contributed by atoms with E-state index in [-0.39, 0.29) is 23.7 Å². The maximum atomic E-state index is 2.33. The van der Waals surface area contributed by atoms with Crippen LogP contribution in [0, 0.1) is 0 Å². The maximum absolute atomic E-state index is 2.33. The monoisotopic (exact) mass is 412 g/mol. The average Bonchev–Trinajstić information content (AvgIpc) is 2.37. The first kappa shape index (κ1) is 16.3. The molecular formula is C15H27Tl. The van der Waals surface area contributed by atoms with Crippen molar-refractivity contribution < 1.29 is 0 Å². The average molecular weight is 412 g/mol. The van der Waals surface area contributed by atoms with Gasteiger partial charge in [-0.2, -0.15) is 0 Å². The summed E-state index contributed by atoms with van der Waals surface area (Å²) in [5.74, 6) is 0. The summed E-state index contributed by atoms with van der Waals surface area (Å²) in [5, 5.41) is 0. The van der Waals surface area contributed by atoms with Gasteiger partial charge in [0, 0.05) is 0 Å². The quantitative estimate of drug-likeness (QED) is 0.420. The number of hydrogen-bond acceptors (Lipinski definition) is 0. The summed E-state index contributed by atoms with van der Waals surface area (Å²) >= 11 is -0.380. The molecule has 0 aromatic carbocycles. The van der Waals surface area contributed by atoms with Gasteiger partial charge in [-0.3, -0.25) is 0 Å². The normalized spacial score (nSPS) is 11.9. The minimum absolute atomic E-state index is 0.380. The van der Waals surface area contributed by atoms with Crippen molar-refractivity contribution in [1.82, 2.24) is 0 Å². The minimum Gasteiger partial charge on any atom is -0.0654 e. The third-order valence-electron chi connectivity index (χ3n) is 2.62. The molecule has 0 saturated heterocycles. The molecule has 0 aliphatic carbocycles. The Kier molecular flexibility index (Phi) is 15.5. The number of allylic oxidation sites excluding steroid dienone is 3. The first-order valence-corrected chi connectivity index (χ1v) is 12.1. The molecule has 16 heavy (non-hydrogen) atoms. The Balaban J connectivity index is 0.000000315. The van der Waals surface area contributed by atoms with Gasteiger partial charge in [0.05, 0.1) is 0 Å². The molecule has 0 amide bonds. The van der Waals surface area contributed by atoms with Crippen LogP contribution in [0.5, 0.6) is 0 Å². The first-order chi connectivity index (χ1) is 7.91. The fraction of sp³-hybridized carbons (Fsp3) is 0.667. The molecule has 0 unspecified atom stereocenters. The summed E-state index contributed by atoms with van der Waals surface area (Å²) in [7, 11) is 0. The molecule has 1 aliphatic heterocycles. The van der Waals surface area contributed by atoms with E-state index in [1.165, 1.54) is 51.4 Å². The van der Waals surface area contributed by atoms with E-state index in [1.54, 1.807) is 0 Å². The van der Waals surface area contributed by atoms with E-state index in [2.05, 4.69) is 39.3 Å². The SMILES string of the molecule is C1=C[CH]=[Tl][CH]=C1.CCCCCCCCCC. The molecule has 90 valence electrons. The Labute approximate surface area is 114 Å². The molecule has 1 heteroatoms. The van der Waals surface area contributed by atoms with E-state index < -0.39 is 0 Å². The predicted octanol–water partition coefficient (Wildman–Crippen LogP) is 4.72. The van der Waals surface area contributed by atoms with Crippen molar-refractivity contribution in [3.8, 4) is 0 Å². The van der Waals surface area contributed by atoms with Crippen molar-refractivity contribution in [2.24, 2.45) is 0 Å². The smallest absolute Gasteiger partial charge is 0.0533 e. The molecule has 0 spiro atoms. The molecule has 0 aromatic heterocycles. The molecule has 0 N–H and O–H groups in total. The topological polar surface area (TPSA) is 0 Å². The molecule has 0 saturated carbocycles. The van der Waals surface area contributed by atoms with Crippen LogP contribution < -0.4 is 0 Å². The van der Waals surface area contributed by atoms with Crippen molar-refractivity contribution in [3.05, 3.63) is 21.9 Å². The van der Waals surface area contributed by atoms with E-state index in [9.17, 15) is 0 Å². The fourth-order valence-electron chi connectivity index (χ4n) is 1.59. The summed E-state index contributed by atoms with van der Waals surface area (Å²) in [5.41, 5.74) is 0. The molecule has 0 radical (unpaired) electrons. The van der Waals surface area contributed by atoms with Crippen molar-refractivity contribution in [1.29, 1.82) is 0 Å². The van der Waals surface area contributed by atoms with Gasteiger partial charge in [0.15, 0.2) is 0 Å². The van der Waals surface area contributed by atoms with Crippen LogP contribution >= 0.6 is 0 Å². The van der Waals surface area contributed by atoms with Gasteiger partial charge in [0.1, 0.15) is 0 Å². The second-order valence-electron chi connectivity index (χ2n) is 4.28. The zero-order valence-corrected chi connectivity index (χ0v) is 15.6. The molecule has 0 aromatic rings. The van der Waals surface area contributed by atoms with Crippen LogP contribution in [-0.4, -0.2) is 27.3 Å². The van der Waals surface area contributed by atoms with Gasteiger partial charge in [0.25, 0.3) is 0 Å². The molecule has 0 nitrogen and oxygen atoms in total. The molecular weight excluding hydrogens is 385 g/mol. The van der Waals surface area contributed by atoms with Crippen LogP contribution in [0.25, 0.3) is 0 Å². The van der Waals surface area contributed by atoms with Gasteiger partial charge in [0.2, 0.25) is 0 Å². The van der Waals surface area contributed by atoms with E-state index >= 15 is 0 Å². The van der Waals surface area contributed by atoms with Gasteiger partial charge < -0.3 is 0 Å². The largest absolute Gasteiger partial charge is 0.0654 e. The van der Waals surface area contributed by atoms with Crippen molar-refractivity contribution in [3.63, 3.8) is 0 Å². The molecule has 1 aliphatic rings. The van der Waals surface area contributed by atoms with Gasteiger partial charge >= 0.3 is 49.2 Å². The van der Waals surface area contributed by atoms with Gasteiger partial charge in [-0.05, 0) is 0 Å². The van der Waals surface area contributed by atoms with Crippen LogP contribution in [0.2, 0.25) is 0 Å². The van der Waals surface area contributed by atoms with Gasteiger partial charge in [-0.25, -0.2) is 0 Å². The summed E-state index contributed by atoms with van der Waals surface area (Å²) in [6.07, 6.45) is 17.8. The Morgan fingerprint density at radius 3 is 1.50 bits per heavy atom. The summed E-state index contributed by atoms with van der Waals surface area (Å²) in [4.78, 5) is 0. The van der Waals surface area contributed by atoms with Gasteiger partial charge in [-0.15, -0.1) is 0 Å². The fourth-order valence-corrected chi connectivity index (χ4v) is 4.09. The Morgan fingerprint density at radius 2 is 1.25 bits per heavy atom. The van der Waals surface area contributed by atoms with Crippen molar-refractivity contribution >= 4 is 27.3 Å². The molecule has 1 rings (SSSR count). The second-order valence-corrected chi connectivity index (χ2v) is 8.76. The number of hydrogen-bond donors (Lipinski definition) is 0. The molecule has 1 heterocycles. The van der Waals surface area contributed by atoms with Crippen LogP contribution in [0.4, 0.5) is 0 Å². The summed E-state index contributed by atoms with van der Waals surface area (Å²) in [6.45, 7) is 4.54. The zero-order valence-electron chi connectivity index (χ0n) is 11.1. The van der Waals surface area contributed by atoms with Crippen molar-refractivity contribution in [2.75, 3.05) is 0 Å². The first-order valence-electron chi connectivity index (χ1n) is 6.91. The minimum atomic E-state index is -0.380. The van der Waals surface area contributed by atoms with Crippen molar-refractivity contribution in [2.45, 2.75) is 65.2 Å². The maximum Gasteiger partial charge on any atom is -0.0533 e. The third kappa shape index (κ3) is 14.3. The molecule has 0 atom stereocenters. The van der Waals surface area contributed by atoms with E-state index in [0.717, 1.165) is 0 Å². The zero-order chi connectivity index (χ0) is 11.9. The molecule has 0 fully saturated rings. The Hall–Kier alpha value is 0.272. The second kappa shape index (κ2) is 15.3. The van der Waals surface area contributed by atoms with E-state index in [4.69, 9.17) is 0 Å². The van der Waals surface area contributed by atoms with E-state index in [0.29, 0.717) is 0 Å². The van der Waals surface area contributed by atoms with Crippen LogP contribution in [0.1, 0.15) is 65.2 Å².